The molecule has 0 saturated heterocycles. The number of esters is 2. The highest BCUT2D eigenvalue weighted by Crippen LogP contribution is 2.73. The average Bonchev–Trinajstić information content (AvgIpc) is 3.18. The summed E-state index contributed by atoms with van der Waals surface area (Å²) in [5.74, 6) is -4.83. The van der Waals surface area contributed by atoms with Gasteiger partial charge in [0.2, 0.25) is 11.8 Å². The highest BCUT2D eigenvalue weighted by atomic mass is 16.6. The Morgan fingerprint density at radius 3 is 1.29 bits per heavy atom. The number of anilines is 2. The van der Waals surface area contributed by atoms with E-state index in [4.69, 9.17) is 9.47 Å². The molecule has 200 valence electrons. The first kappa shape index (κ1) is 25.9. The van der Waals surface area contributed by atoms with Gasteiger partial charge in [-0.05, 0) is 64.8 Å². The van der Waals surface area contributed by atoms with Crippen LogP contribution >= 0.6 is 0 Å². The Morgan fingerprint density at radius 2 is 0.974 bits per heavy atom. The predicted octanol–water partition coefficient (Wildman–Crippen LogP) is 3.74. The fraction of sp³-hybridized carbons (Fsp3) is 0.467. The van der Waals surface area contributed by atoms with Gasteiger partial charge in [-0.2, -0.15) is 0 Å². The molecule has 1 saturated carbocycles. The molecule has 8 nitrogen and oxygen atoms in total. The third kappa shape index (κ3) is 3.09. The lowest BCUT2D eigenvalue weighted by molar-refractivity contribution is -0.204. The normalized spacial score (nSPS) is 27.9. The van der Waals surface area contributed by atoms with Crippen molar-refractivity contribution in [3.63, 3.8) is 0 Å². The predicted molar refractivity (Wildman–Crippen MR) is 142 cm³/mol. The van der Waals surface area contributed by atoms with Gasteiger partial charge in [-0.15, -0.1) is 0 Å². The van der Waals surface area contributed by atoms with E-state index in [0.29, 0.717) is 22.5 Å². The third-order valence-corrected chi connectivity index (χ3v) is 7.87. The van der Waals surface area contributed by atoms with Gasteiger partial charge in [0.15, 0.2) is 0 Å². The molecule has 2 amide bonds. The Balaban J connectivity index is 1.88. The number of carbonyl (C=O) groups is 4. The van der Waals surface area contributed by atoms with Gasteiger partial charge in [0.25, 0.3) is 0 Å². The number of benzene rings is 2. The van der Waals surface area contributed by atoms with Crippen molar-refractivity contribution >= 4 is 35.1 Å². The van der Waals surface area contributed by atoms with Crippen LogP contribution in [0.2, 0.25) is 0 Å². The highest BCUT2D eigenvalue weighted by Gasteiger charge is 2.88. The van der Waals surface area contributed by atoms with Gasteiger partial charge in [0.1, 0.15) is 22.0 Å². The number of nitrogens with zero attached hydrogens (tertiary/aromatic N) is 2. The first-order chi connectivity index (χ1) is 17.6. The summed E-state index contributed by atoms with van der Waals surface area (Å²) in [6.45, 7) is 10.4. The molecule has 2 heterocycles. The maximum absolute atomic E-state index is 14.5. The van der Waals surface area contributed by atoms with Gasteiger partial charge < -0.3 is 19.3 Å². The number of rotatable bonds is 2. The van der Waals surface area contributed by atoms with Gasteiger partial charge in [-0.25, -0.2) is 0 Å². The maximum atomic E-state index is 14.5. The number of hydrogen-bond donors (Lipinski definition) is 0. The lowest BCUT2D eigenvalue weighted by Crippen LogP contribution is -2.80. The van der Waals surface area contributed by atoms with Crippen molar-refractivity contribution in [2.24, 2.45) is 11.8 Å². The molecule has 0 bridgehead atoms. The van der Waals surface area contributed by atoms with E-state index in [1.54, 1.807) is 104 Å². The van der Waals surface area contributed by atoms with Crippen LogP contribution in [0.1, 0.15) is 52.7 Å². The van der Waals surface area contributed by atoms with E-state index in [1.165, 1.54) is 9.80 Å². The molecular formula is C30H34N2O6. The van der Waals surface area contributed by atoms with Crippen molar-refractivity contribution < 1.29 is 28.7 Å². The van der Waals surface area contributed by atoms with Crippen LogP contribution in [0.25, 0.3) is 0 Å². The van der Waals surface area contributed by atoms with Gasteiger partial charge >= 0.3 is 11.9 Å². The van der Waals surface area contributed by atoms with Gasteiger partial charge in [0, 0.05) is 25.5 Å². The van der Waals surface area contributed by atoms with Crippen LogP contribution in [-0.2, 0) is 39.5 Å². The summed E-state index contributed by atoms with van der Waals surface area (Å²) >= 11 is 0. The van der Waals surface area contributed by atoms with Crippen LogP contribution in [0.3, 0.4) is 0 Å². The van der Waals surface area contributed by atoms with Gasteiger partial charge in [0.05, 0.1) is 11.8 Å². The standard InChI is InChI=1S/C30H34N2O6/c1-27(2,3)37-23(33)21-22(24(34)38-28(4,5)6)30(18-14-10-12-16-20(18)32(8)26(30)36)29(21)17-13-9-11-15-19(17)31(7)25(29)35/h9-16,21-22H,1-8H3/t21-,22-,29+,30+/m0/s1. The molecule has 2 aromatic carbocycles. The monoisotopic (exact) mass is 518 g/mol. The van der Waals surface area contributed by atoms with Gasteiger partial charge in [-0.1, -0.05) is 36.4 Å². The van der Waals surface area contributed by atoms with E-state index < -0.39 is 57.6 Å². The summed E-state index contributed by atoms with van der Waals surface area (Å²) < 4.78 is 11.7. The Labute approximate surface area is 222 Å². The van der Waals surface area contributed by atoms with Crippen LogP contribution in [-0.4, -0.2) is 49.1 Å². The first-order valence-electron chi connectivity index (χ1n) is 12.8. The second kappa shape index (κ2) is 7.91. The molecule has 1 aliphatic carbocycles. The molecule has 3 aliphatic rings. The summed E-state index contributed by atoms with van der Waals surface area (Å²) in [5, 5.41) is 0. The fourth-order valence-electron chi connectivity index (χ4n) is 6.79. The lowest BCUT2D eigenvalue weighted by Gasteiger charge is -2.62. The number of ether oxygens (including phenoxy) is 2. The number of hydrogen-bond acceptors (Lipinski definition) is 6. The SMILES string of the molecule is CN1C(=O)[C@@]2(c3ccccc31)[C@H](C(=O)OC(C)(C)C)[C@@H](C(=O)OC(C)(C)C)[C@]21C(=O)N(C)c2ccccc21. The summed E-state index contributed by atoms with van der Waals surface area (Å²) in [6.07, 6.45) is 0. The highest BCUT2D eigenvalue weighted by molar-refractivity contribution is 6.24. The van der Waals surface area contributed by atoms with Crippen molar-refractivity contribution in [3.8, 4) is 0 Å². The van der Waals surface area contributed by atoms with Crippen molar-refractivity contribution in [1.29, 1.82) is 0 Å². The quantitative estimate of drug-likeness (QED) is 0.563. The molecular weight excluding hydrogens is 484 g/mol. The fourth-order valence-corrected chi connectivity index (χ4v) is 6.79. The van der Waals surface area contributed by atoms with Gasteiger partial charge in [-0.3, -0.25) is 19.2 Å². The summed E-state index contributed by atoms with van der Waals surface area (Å²) in [6, 6.07) is 14.3. The third-order valence-electron chi connectivity index (χ3n) is 7.87. The second-order valence-electron chi connectivity index (χ2n) is 12.4. The number of likely N-dealkylation sites (N-methyl/N-ethyl adjacent to an activating group) is 2. The zero-order chi connectivity index (χ0) is 28.0. The molecule has 0 N–H and O–H groups in total. The molecule has 0 aromatic heterocycles. The Kier molecular flexibility index (Phi) is 5.40. The molecule has 5 rings (SSSR count). The van der Waals surface area contributed by atoms with Crippen LogP contribution in [0, 0.1) is 11.8 Å². The van der Waals surface area contributed by atoms with Crippen molar-refractivity contribution in [3.05, 3.63) is 59.7 Å². The van der Waals surface area contributed by atoms with Crippen LogP contribution in [0.15, 0.2) is 48.5 Å². The molecule has 8 heteroatoms. The molecule has 1 fully saturated rings. The summed E-state index contributed by atoms with van der Waals surface area (Å²) in [4.78, 5) is 60.1. The van der Waals surface area contributed by atoms with E-state index in [-0.39, 0.29) is 0 Å². The summed E-state index contributed by atoms with van der Waals surface area (Å²) in [7, 11) is 3.26. The molecule has 38 heavy (non-hydrogen) atoms. The Hall–Kier alpha value is -3.68. The Bertz CT molecular complexity index is 1280. The number of carbonyl (C=O) groups excluding carboxylic acids is 4. The molecule has 4 atom stereocenters. The minimum Gasteiger partial charge on any atom is -0.460 e. The topological polar surface area (TPSA) is 93.2 Å². The van der Waals surface area contributed by atoms with E-state index in [1.807, 2.05) is 0 Å². The molecule has 0 radical (unpaired) electrons. The maximum Gasteiger partial charge on any atom is 0.311 e. The zero-order valence-corrected chi connectivity index (χ0v) is 23.1. The second-order valence-corrected chi connectivity index (χ2v) is 12.4. The molecule has 0 unspecified atom stereocenters. The minimum absolute atomic E-state index is 0.423. The number of fused-ring (bicyclic) bond motifs is 5. The van der Waals surface area contributed by atoms with Crippen LogP contribution in [0.4, 0.5) is 11.4 Å². The zero-order valence-electron chi connectivity index (χ0n) is 23.1. The van der Waals surface area contributed by atoms with Crippen molar-refractivity contribution in [2.45, 2.75) is 63.6 Å². The average molecular weight is 519 g/mol. The lowest BCUT2D eigenvalue weighted by atomic mass is 9.34. The summed E-state index contributed by atoms with van der Waals surface area (Å²) in [5.41, 5.74) is -2.92. The van der Waals surface area contributed by atoms with Crippen molar-refractivity contribution in [1.82, 2.24) is 0 Å². The minimum atomic E-state index is -1.69. The van der Waals surface area contributed by atoms with Crippen LogP contribution < -0.4 is 9.80 Å². The van der Waals surface area contributed by atoms with E-state index in [9.17, 15) is 19.2 Å². The van der Waals surface area contributed by atoms with E-state index >= 15 is 0 Å². The molecule has 2 aromatic rings. The smallest absolute Gasteiger partial charge is 0.311 e. The van der Waals surface area contributed by atoms with Crippen molar-refractivity contribution in [2.75, 3.05) is 23.9 Å². The van der Waals surface area contributed by atoms with Crippen LogP contribution in [0.5, 0.6) is 0 Å². The van der Waals surface area contributed by atoms with E-state index in [0.717, 1.165) is 0 Å². The number of amides is 2. The molecule has 2 aliphatic heterocycles. The number of para-hydroxylation sites is 2. The molecule has 2 spiro atoms. The van der Waals surface area contributed by atoms with E-state index in [2.05, 4.69) is 0 Å². The Morgan fingerprint density at radius 1 is 0.658 bits per heavy atom. The first-order valence-corrected chi connectivity index (χ1v) is 12.8. The largest absolute Gasteiger partial charge is 0.460 e.